The summed E-state index contributed by atoms with van der Waals surface area (Å²) in [5.41, 5.74) is 1.48. The average Bonchev–Trinajstić information content (AvgIpc) is 3.10. The molecule has 2 aromatic heterocycles. The first-order valence-corrected chi connectivity index (χ1v) is 10.4. The maximum Gasteiger partial charge on any atom is 0.392 e. The minimum absolute atomic E-state index is 0.0231. The van der Waals surface area contributed by atoms with Crippen LogP contribution in [0.25, 0.3) is 11.0 Å². The molecular weight excluding hydrogens is 386 g/mol. The summed E-state index contributed by atoms with van der Waals surface area (Å²) < 4.78 is 53.8. The van der Waals surface area contributed by atoms with E-state index >= 15 is 0 Å². The number of alkyl halides is 3. The van der Waals surface area contributed by atoms with Gasteiger partial charge >= 0.3 is 6.18 Å². The SMILES string of the molecule is CCCC(CCNC(O)c1cc2ncc(F)cc2[nH]1)C1CCCCC1C(F)(F)F. The zero-order valence-corrected chi connectivity index (χ0v) is 16.6. The van der Waals surface area contributed by atoms with Gasteiger partial charge in [-0.2, -0.15) is 13.2 Å². The van der Waals surface area contributed by atoms with Crippen LogP contribution in [0.4, 0.5) is 17.6 Å². The molecule has 29 heavy (non-hydrogen) atoms. The Hall–Kier alpha value is -1.67. The van der Waals surface area contributed by atoms with E-state index in [1.165, 1.54) is 6.07 Å². The van der Waals surface area contributed by atoms with E-state index in [1.54, 1.807) is 6.07 Å². The van der Waals surface area contributed by atoms with Gasteiger partial charge in [0.2, 0.25) is 0 Å². The van der Waals surface area contributed by atoms with Crippen LogP contribution >= 0.6 is 0 Å². The Morgan fingerprint density at radius 3 is 2.72 bits per heavy atom. The summed E-state index contributed by atoms with van der Waals surface area (Å²) in [5, 5.41) is 13.4. The topological polar surface area (TPSA) is 60.9 Å². The lowest BCUT2D eigenvalue weighted by Gasteiger charge is -2.38. The average molecular weight is 415 g/mol. The zero-order valence-electron chi connectivity index (χ0n) is 16.6. The van der Waals surface area contributed by atoms with E-state index in [0.29, 0.717) is 42.5 Å². The van der Waals surface area contributed by atoms with Gasteiger partial charge in [0.15, 0.2) is 0 Å². The smallest absolute Gasteiger partial charge is 0.373 e. The molecule has 0 spiro atoms. The summed E-state index contributed by atoms with van der Waals surface area (Å²) in [6, 6.07) is 2.94. The molecule has 1 fully saturated rings. The predicted molar refractivity (Wildman–Crippen MR) is 104 cm³/mol. The van der Waals surface area contributed by atoms with Crippen LogP contribution in [0.2, 0.25) is 0 Å². The molecule has 2 aromatic rings. The highest BCUT2D eigenvalue weighted by molar-refractivity contribution is 5.75. The summed E-state index contributed by atoms with van der Waals surface area (Å²) in [6.45, 7) is 2.40. The number of halogens is 4. The molecule has 0 aliphatic heterocycles. The van der Waals surface area contributed by atoms with E-state index in [9.17, 15) is 22.7 Å². The van der Waals surface area contributed by atoms with Crippen molar-refractivity contribution in [3.63, 3.8) is 0 Å². The maximum absolute atomic E-state index is 13.5. The second-order valence-electron chi connectivity index (χ2n) is 8.10. The van der Waals surface area contributed by atoms with Crippen LogP contribution in [0.5, 0.6) is 0 Å². The van der Waals surface area contributed by atoms with Crippen molar-refractivity contribution in [3.05, 3.63) is 29.8 Å². The molecule has 1 aliphatic rings. The Morgan fingerprint density at radius 2 is 2.00 bits per heavy atom. The van der Waals surface area contributed by atoms with Gasteiger partial charge < -0.3 is 10.1 Å². The number of hydrogen-bond acceptors (Lipinski definition) is 3. The molecule has 4 unspecified atom stereocenters. The van der Waals surface area contributed by atoms with Crippen LogP contribution in [0.15, 0.2) is 18.3 Å². The normalized spacial score (nSPS) is 22.7. The monoisotopic (exact) mass is 415 g/mol. The van der Waals surface area contributed by atoms with Crippen LogP contribution in [0.1, 0.15) is 63.8 Å². The summed E-state index contributed by atoms with van der Waals surface area (Å²) >= 11 is 0. The van der Waals surface area contributed by atoms with Gasteiger partial charge in [-0.15, -0.1) is 0 Å². The number of H-pyrrole nitrogens is 1. The van der Waals surface area contributed by atoms with Gasteiger partial charge in [-0.25, -0.2) is 4.39 Å². The quantitative estimate of drug-likeness (QED) is 0.396. The molecule has 1 saturated carbocycles. The molecule has 0 aromatic carbocycles. The molecule has 0 bridgehead atoms. The summed E-state index contributed by atoms with van der Waals surface area (Å²) in [5.74, 6) is -2.05. The van der Waals surface area contributed by atoms with Crippen molar-refractivity contribution in [3.8, 4) is 0 Å². The van der Waals surface area contributed by atoms with Crippen LogP contribution in [-0.4, -0.2) is 27.8 Å². The van der Waals surface area contributed by atoms with Gasteiger partial charge in [0.1, 0.15) is 12.0 Å². The third kappa shape index (κ3) is 5.48. The Labute approximate surface area is 168 Å². The van der Waals surface area contributed by atoms with E-state index in [1.807, 2.05) is 6.92 Å². The molecule has 2 heterocycles. The Balaban J connectivity index is 1.60. The fourth-order valence-corrected chi connectivity index (χ4v) is 4.74. The molecule has 0 amide bonds. The maximum atomic E-state index is 13.5. The number of rotatable bonds is 8. The molecule has 4 atom stereocenters. The second-order valence-corrected chi connectivity index (χ2v) is 8.10. The van der Waals surface area contributed by atoms with Gasteiger partial charge in [0.05, 0.1) is 28.8 Å². The van der Waals surface area contributed by atoms with Crippen molar-refractivity contribution in [2.45, 2.75) is 64.3 Å². The van der Waals surface area contributed by atoms with Crippen molar-refractivity contribution in [2.24, 2.45) is 17.8 Å². The fraction of sp³-hybridized carbons (Fsp3) is 0.667. The van der Waals surface area contributed by atoms with Crippen LogP contribution < -0.4 is 5.32 Å². The zero-order chi connectivity index (χ0) is 21.0. The highest BCUT2D eigenvalue weighted by atomic mass is 19.4. The van der Waals surface area contributed by atoms with Gasteiger partial charge in [-0.05, 0) is 43.7 Å². The fourth-order valence-electron chi connectivity index (χ4n) is 4.74. The third-order valence-corrected chi connectivity index (χ3v) is 6.11. The van der Waals surface area contributed by atoms with E-state index in [-0.39, 0.29) is 18.3 Å². The van der Waals surface area contributed by atoms with E-state index < -0.39 is 24.1 Å². The molecule has 3 N–H and O–H groups in total. The first kappa shape index (κ1) is 22.0. The van der Waals surface area contributed by atoms with Crippen molar-refractivity contribution in [1.29, 1.82) is 0 Å². The second kappa shape index (κ2) is 9.43. The molecule has 162 valence electrons. The van der Waals surface area contributed by atoms with Gasteiger partial charge in [0.25, 0.3) is 0 Å². The number of nitrogens with zero attached hydrogens (tertiary/aromatic N) is 1. The number of aromatic amines is 1. The minimum atomic E-state index is -4.14. The standard InChI is InChI=1S/C21H29F4N3O/c1-2-5-13(15-6-3-4-7-16(15)21(23,24)25)8-9-26-20(29)19-11-17-18(28-19)10-14(22)12-27-17/h10-13,15-16,20,26,28-29H,2-9H2,1H3. The van der Waals surface area contributed by atoms with E-state index in [0.717, 1.165) is 25.5 Å². The molecular formula is C21H29F4N3O. The predicted octanol–water partition coefficient (Wildman–Crippen LogP) is 5.46. The van der Waals surface area contributed by atoms with E-state index in [4.69, 9.17) is 0 Å². The lowest BCUT2D eigenvalue weighted by atomic mass is 9.69. The highest BCUT2D eigenvalue weighted by Gasteiger charge is 2.47. The van der Waals surface area contributed by atoms with Crippen LogP contribution in [0.3, 0.4) is 0 Å². The van der Waals surface area contributed by atoms with Crippen molar-refractivity contribution >= 4 is 11.0 Å². The lowest BCUT2D eigenvalue weighted by molar-refractivity contribution is -0.202. The van der Waals surface area contributed by atoms with Gasteiger partial charge in [-0.1, -0.05) is 32.6 Å². The van der Waals surface area contributed by atoms with Crippen LogP contribution in [0, 0.1) is 23.6 Å². The molecule has 8 heteroatoms. The number of pyridine rings is 1. The Kier molecular flexibility index (Phi) is 7.16. The Bertz CT molecular complexity index is 792. The molecule has 4 nitrogen and oxygen atoms in total. The first-order valence-electron chi connectivity index (χ1n) is 10.4. The van der Waals surface area contributed by atoms with E-state index in [2.05, 4.69) is 15.3 Å². The van der Waals surface area contributed by atoms with Gasteiger partial charge in [0, 0.05) is 6.07 Å². The summed E-state index contributed by atoms with van der Waals surface area (Å²) in [4.78, 5) is 6.88. The first-order chi connectivity index (χ1) is 13.8. The molecule has 3 rings (SSSR count). The van der Waals surface area contributed by atoms with Crippen molar-refractivity contribution < 1.29 is 22.7 Å². The third-order valence-electron chi connectivity index (χ3n) is 6.11. The number of aliphatic hydroxyl groups is 1. The number of aliphatic hydroxyl groups excluding tert-OH is 1. The number of fused-ring (bicyclic) bond motifs is 1. The Morgan fingerprint density at radius 1 is 1.24 bits per heavy atom. The molecule has 0 radical (unpaired) electrons. The van der Waals surface area contributed by atoms with Gasteiger partial charge in [-0.3, -0.25) is 10.3 Å². The number of aromatic nitrogens is 2. The highest BCUT2D eigenvalue weighted by Crippen LogP contribution is 2.46. The van der Waals surface area contributed by atoms with Crippen LogP contribution in [-0.2, 0) is 0 Å². The lowest BCUT2D eigenvalue weighted by Crippen LogP contribution is -2.38. The minimum Gasteiger partial charge on any atom is -0.373 e. The number of nitrogens with one attached hydrogen (secondary N) is 2. The summed E-state index contributed by atoms with van der Waals surface area (Å²) in [7, 11) is 0. The largest absolute Gasteiger partial charge is 0.392 e. The number of hydrogen-bond donors (Lipinski definition) is 3. The molecule has 0 saturated heterocycles. The van der Waals surface area contributed by atoms with Crippen molar-refractivity contribution in [1.82, 2.24) is 15.3 Å². The summed E-state index contributed by atoms with van der Waals surface area (Å²) in [6.07, 6.45) is 0.469. The molecule has 1 aliphatic carbocycles. The van der Waals surface area contributed by atoms with Crippen molar-refractivity contribution in [2.75, 3.05) is 6.54 Å².